The molecule has 0 aliphatic carbocycles. The smallest absolute Gasteiger partial charge is 0.326 e. The van der Waals surface area contributed by atoms with Crippen LogP contribution in [0.5, 0.6) is 0 Å². The monoisotopic (exact) mass is 286 g/mol. The Hall–Kier alpha value is -2.43. The lowest BCUT2D eigenvalue weighted by Crippen LogP contribution is -2.49. The molecule has 1 atom stereocenters. The SMILES string of the molecule is CC(C)(C)C(NC(=O)c1cccc2cccnc12)C(=O)O. The van der Waals surface area contributed by atoms with Gasteiger partial charge in [0, 0.05) is 11.6 Å². The number of para-hydroxylation sites is 1. The van der Waals surface area contributed by atoms with Crippen molar-refractivity contribution in [3.63, 3.8) is 0 Å². The minimum Gasteiger partial charge on any atom is -0.480 e. The molecule has 2 aromatic rings. The van der Waals surface area contributed by atoms with E-state index in [2.05, 4.69) is 10.3 Å². The van der Waals surface area contributed by atoms with Gasteiger partial charge in [-0.2, -0.15) is 0 Å². The molecule has 5 heteroatoms. The van der Waals surface area contributed by atoms with Crippen LogP contribution < -0.4 is 5.32 Å². The summed E-state index contributed by atoms with van der Waals surface area (Å²) in [6, 6.07) is 7.94. The summed E-state index contributed by atoms with van der Waals surface area (Å²) in [6.45, 7) is 5.31. The second-order valence-electron chi connectivity index (χ2n) is 5.99. The average Bonchev–Trinajstić information content (AvgIpc) is 2.42. The molecule has 1 aromatic carbocycles. The predicted molar refractivity (Wildman–Crippen MR) is 80.1 cm³/mol. The van der Waals surface area contributed by atoms with Crippen molar-refractivity contribution in [3.8, 4) is 0 Å². The summed E-state index contributed by atoms with van der Waals surface area (Å²) >= 11 is 0. The third-order valence-corrected chi connectivity index (χ3v) is 3.27. The number of hydrogen-bond donors (Lipinski definition) is 2. The Morgan fingerprint density at radius 2 is 1.86 bits per heavy atom. The second-order valence-corrected chi connectivity index (χ2v) is 5.99. The second kappa shape index (κ2) is 5.52. The molecule has 1 heterocycles. The van der Waals surface area contributed by atoms with Crippen LogP contribution in [-0.2, 0) is 4.79 Å². The van der Waals surface area contributed by atoms with E-state index < -0.39 is 23.3 Å². The van der Waals surface area contributed by atoms with E-state index in [1.165, 1.54) is 0 Å². The van der Waals surface area contributed by atoms with Gasteiger partial charge in [0.2, 0.25) is 0 Å². The highest BCUT2D eigenvalue weighted by molar-refractivity contribution is 6.06. The fourth-order valence-corrected chi connectivity index (χ4v) is 2.14. The Morgan fingerprint density at radius 3 is 2.48 bits per heavy atom. The van der Waals surface area contributed by atoms with E-state index in [4.69, 9.17) is 0 Å². The van der Waals surface area contributed by atoms with E-state index in [0.717, 1.165) is 5.39 Å². The maximum Gasteiger partial charge on any atom is 0.326 e. The lowest BCUT2D eigenvalue weighted by Gasteiger charge is -2.27. The molecule has 0 radical (unpaired) electrons. The number of carbonyl (C=O) groups is 2. The van der Waals surface area contributed by atoms with Crippen molar-refractivity contribution < 1.29 is 14.7 Å². The lowest BCUT2D eigenvalue weighted by molar-refractivity contribution is -0.142. The number of rotatable bonds is 3. The van der Waals surface area contributed by atoms with Gasteiger partial charge in [-0.1, -0.05) is 39.0 Å². The third kappa shape index (κ3) is 3.18. The largest absolute Gasteiger partial charge is 0.480 e. The first-order chi connectivity index (χ1) is 9.80. The molecule has 1 unspecified atom stereocenters. The Labute approximate surface area is 123 Å². The first-order valence-electron chi connectivity index (χ1n) is 6.68. The van der Waals surface area contributed by atoms with Crippen molar-refractivity contribution in [3.05, 3.63) is 42.1 Å². The molecule has 0 saturated carbocycles. The number of amides is 1. The van der Waals surface area contributed by atoms with Crippen LogP contribution >= 0.6 is 0 Å². The maximum atomic E-state index is 12.4. The fraction of sp³-hybridized carbons (Fsp3) is 0.312. The number of aliphatic carboxylic acids is 1. The van der Waals surface area contributed by atoms with Gasteiger partial charge in [-0.15, -0.1) is 0 Å². The number of nitrogens with one attached hydrogen (secondary N) is 1. The summed E-state index contributed by atoms with van der Waals surface area (Å²) in [4.78, 5) is 28.0. The third-order valence-electron chi connectivity index (χ3n) is 3.27. The maximum absolute atomic E-state index is 12.4. The number of hydrogen-bond acceptors (Lipinski definition) is 3. The van der Waals surface area contributed by atoms with Gasteiger partial charge >= 0.3 is 5.97 Å². The minimum atomic E-state index is -1.05. The minimum absolute atomic E-state index is 0.378. The highest BCUT2D eigenvalue weighted by atomic mass is 16.4. The zero-order chi connectivity index (χ0) is 15.6. The molecule has 0 fully saturated rings. The van der Waals surface area contributed by atoms with Gasteiger partial charge < -0.3 is 10.4 Å². The molecule has 2 rings (SSSR count). The Bertz CT molecular complexity index is 684. The summed E-state index contributed by atoms with van der Waals surface area (Å²) in [7, 11) is 0. The van der Waals surface area contributed by atoms with E-state index >= 15 is 0 Å². The Balaban J connectivity index is 2.37. The van der Waals surface area contributed by atoms with Crippen LogP contribution in [0, 0.1) is 5.41 Å². The zero-order valence-corrected chi connectivity index (χ0v) is 12.3. The van der Waals surface area contributed by atoms with Crippen LogP contribution in [0.3, 0.4) is 0 Å². The van der Waals surface area contributed by atoms with Crippen molar-refractivity contribution in [1.82, 2.24) is 10.3 Å². The molecule has 110 valence electrons. The fourth-order valence-electron chi connectivity index (χ4n) is 2.14. The normalized spacial score (nSPS) is 12.9. The molecule has 0 spiro atoms. The van der Waals surface area contributed by atoms with E-state index in [0.29, 0.717) is 11.1 Å². The van der Waals surface area contributed by atoms with Crippen LogP contribution in [0.15, 0.2) is 36.5 Å². The van der Waals surface area contributed by atoms with E-state index in [1.54, 1.807) is 45.2 Å². The molecule has 5 nitrogen and oxygen atoms in total. The zero-order valence-electron chi connectivity index (χ0n) is 12.3. The highest BCUT2D eigenvalue weighted by Crippen LogP contribution is 2.21. The van der Waals surface area contributed by atoms with Gasteiger partial charge in [-0.05, 0) is 17.5 Å². The lowest BCUT2D eigenvalue weighted by atomic mass is 9.86. The van der Waals surface area contributed by atoms with Gasteiger partial charge in [0.15, 0.2) is 0 Å². The van der Waals surface area contributed by atoms with Crippen molar-refractivity contribution in [1.29, 1.82) is 0 Å². The van der Waals surface area contributed by atoms with Gasteiger partial charge in [-0.25, -0.2) is 4.79 Å². The number of carboxylic acid groups (broad SMARTS) is 1. The van der Waals surface area contributed by atoms with Crippen LogP contribution in [0.2, 0.25) is 0 Å². The van der Waals surface area contributed by atoms with Crippen molar-refractivity contribution in [2.75, 3.05) is 0 Å². The van der Waals surface area contributed by atoms with Crippen molar-refractivity contribution >= 4 is 22.8 Å². The van der Waals surface area contributed by atoms with Crippen LogP contribution in [0.25, 0.3) is 10.9 Å². The van der Waals surface area contributed by atoms with E-state index in [9.17, 15) is 14.7 Å². The summed E-state index contributed by atoms with van der Waals surface area (Å²) in [6.07, 6.45) is 1.61. The quantitative estimate of drug-likeness (QED) is 0.908. The average molecular weight is 286 g/mol. The first kappa shape index (κ1) is 15.0. The molecular weight excluding hydrogens is 268 g/mol. The number of nitrogens with zero attached hydrogens (tertiary/aromatic N) is 1. The topological polar surface area (TPSA) is 79.3 Å². The molecule has 0 aliphatic rings. The number of benzene rings is 1. The molecule has 1 amide bonds. The number of carboxylic acids is 1. The molecule has 0 bridgehead atoms. The highest BCUT2D eigenvalue weighted by Gasteiger charge is 2.33. The summed E-state index contributed by atoms with van der Waals surface area (Å²) in [5, 5.41) is 12.7. The van der Waals surface area contributed by atoms with Gasteiger partial charge in [0.05, 0.1) is 11.1 Å². The molecule has 21 heavy (non-hydrogen) atoms. The number of aromatic nitrogens is 1. The van der Waals surface area contributed by atoms with Crippen molar-refractivity contribution in [2.45, 2.75) is 26.8 Å². The summed E-state index contributed by atoms with van der Waals surface area (Å²) in [5.74, 6) is -1.48. The predicted octanol–water partition coefficient (Wildman–Crippen LogP) is 2.46. The number of carbonyl (C=O) groups excluding carboxylic acids is 1. The standard InChI is InChI=1S/C16H18N2O3/c1-16(2,3)13(15(20)21)18-14(19)11-8-4-6-10-7-5-9-17-12(10)11/h4-9,13H,1-3H3,(H,18,19)(H,20,21). The molecule has 0 saturated heterocycles. The molecule has 0 aliphatic heterocycles. The van der Waals surface area contributed by atoms with Crippen LogP contribution in [-0.4, -0.2) is 28.0 Å². The van der Waals surface area contributed by atoms with E-state index in [1.807, 2.05) is 12.1 Å². The van der Waals surface area contributed by atoms with E-state index in [-0.39, 0.29) is 0 Å². The van der Waals surface area contributed by atoms with Crippen LogP contribution in [0.4, 0.5) is 0 Å². The summed E-state index contributed by atoms with van der Waals surface area (Å²) in [5.41, 5.74) is 0.360. The Kier molecular flexibility index (Phi) is 3.93. The molecular formula is C16H18N2O3. The number of fused-ring (bicyclic) bond motifs is 1. The van der Waals surface area contributed by atoms with Gasteiger partial charge in [0.1, 0.15) is 6.04 Å². The molecule has 2 N–H and O–H groups in total. The summed E-state index contributed by atoms with van der Waals surface area (Å²) < 4.78 is 0. The Morgan fingerprint density at radius 1 is 1.19 bits per heavy atom. The van der Waals surface area contributed by atoms with Gasteiger partial charge in [0.25, 0.3) is 5.91 Å². The molecule has 1 aromatic heterocycles. The first-order valence-corrected chi connectivity index (χ1v) is 6.68. The number of pyridine rings is 1. The van der Waals surface area contributed by atoms with Gasteiger partial charge in [-0.3, -0.25) is 9.78 Å². The van der Waals surface area contributed by atoms with Crippen molar-refractivity contribution in [2.24, 2.45) is 5.41 Å². The van der Waals surface area contributed by atoms with Crippen LogP contribution in [0.1, 0.15) is 31.1 Å².